The van der Waals surface area contributed by atoms with E-state index in [1.807, 2.05) is 18.2 Å². The molecule has 0 aromatic heterocycles. The van der Waals surface area contributed by atoms with E-state index in [0.717, 1.165) is 31.0 Å². The number of carbonyl (C=O) groups excluding carboxylic acids is 3. The molecule has 3 rings (SSSR count). The van der Waals surface area contributed by atoms with E-state index in [4.69, 9.17) is 9.47 Å². The van der Waals surface area contributed by atoms with Gasteiger partial charge in [-0.2, -0.15) is 0 Å². The number of methoxy groups -OCH3 is 1. The number of imide groups is 1. The minimum absolute atomic E-state index is 0.306. The van der Waals surface area contributed by atoms with Crippen LogP contribution in [0.25, 0.3) is 6.08 Å². The van der Waals surface area contributed by atoms with Crippen molar-refractivity contribution in [2.75, 3.05) is 7.11 Å². The van der Waals surface area contributed by atoms with Crippen molar-refractivity contribution in [3.8, 4) is 11.5 Å². The molecule has 7 heteroatoms. The predicted octanol–water partition coefficient (Wildman–Crippen LogP) is 4.34. The summed E-state index contributed by atoms with van der Waals surface area (Å²) >= 11 is 0.842. The van der Waals surface area contributed by atoms with Crippen molar-refractivity contribution in [2.45, 2.75) is 25.7 Å². The molecule has 150 valence electrons. The zero-order valence-corrected chi connectivity index (χ0v) is 16.8. The summed E-state index contributed by atoms with van der Waals surface area (Å²) in [5.41, 5.74) is 1.92. The van der Waals surface area contributed by atoms with Crippen LogP contribution >= 0.6 is 11.8 Å². The smallest absolute Gasteiger partial charge is 0.311 e. The molecule has 0 bridgehead atoms. The highest BCUT2D eigenvalue weighted by atomic mass is 32.2. The maximum Gasteiger partial charge on any atom is 0.311 e. The van der Waals surface area contributed by atoms with Crippen LogP contribution in [0.3, 0.4) is 0 Å². The normalized spacial score (nSPS) is 14.7. The monoisotopic (exact) mass is 411 g/mol. The number of nitrogens with one attached hydrogen (secondary N) is 1. The van der Waals surface area contributed by atoms with Crippen molar-refractivity contribution < 1.29 is 23.9 Å². The van der Waals surface area contributed by atoms with E-state index < -0.39 is 11.1 Å². The summed E-state index contributed by atoms with van der Waals surface area (Å²) in [6.45, 7) is 0. The Morgan fingerprint density at radius 1 is 1.07 bits per heavy atom. The fourth-order valence-corrected chi connectivity index (χ4v) is 3.53. The van der Waals surface area contributed by atoms with E-state index in [2.05, 4.69) is 17.4 Å². The van der Waals surface area contributed by atoms with Gasteiger partial charge >= 0.3 is 5.97 Å². The molecule has 0 unspecified atom stereocenters. The topological polar surface area (TPSA) is 81.7 Å². The highest BCUT2D eigenvalue weighted by Crippen LogP contribution is 2.31. The lowest BCUT2D eigenvalue weighted by atomic mass is 10.1. The van der Waals surface area contributed by atoms with Crippen LogP contribution in [0, 0.1) is 0 Å². The average Bonchev–Trinajstić information content (AvgIpc) is 3.04. The first-order valence-electron chi connectivity index (χ1n) is 9.22. The summed E-state index contributed by atoms with van der Waals surface area (Å²) in [7, 11) is 1.48. The van der Waals surface area contributed by atoms with Gasteiger partial charge < -0.3 is 9.47 Å². The van der Waals surface area contributed by atoms with Gasteiger partial charge in [0, 0.05) is 6.42 Å². The molecule has 29 heavy (non-hydrogen) atoms. The average molecular weight is 411 g/mol. The number of ether oxygens (including phenoxy) is 2. The quantitative estimate of drug-likeness (QED) is 0.301. The third kappa shape index (κ3) is 5.96. The van der Waals surface area contributed by atoms with Gasteiger partial charge in [-0.1, -0.05) is 36.4 Å². The van der Waals surface area contributed by atoms with E-state index >= 15 is 0 Å². The summed E-state index contributed by atoms with van der Waals surface area (Å²) < 4.78 is 10.7. The second-order valence-corrected chi connectivity index (χ2v) is 7.44. The van der Waals surface area contributed by atoms with Gasteiger partial charge in [0.25, 0.3) is 11.1 Å². The largest absolute Gasteiger partial charge is 0.493 e. The number of hydrogen-bond donors (Lipinski definition) is 1. The Kier molecular flexibility index (Phi) is 7.08. The molecular weight excluding hydrogens is 390 g/mol. The van der Waals surface area contributed by atoms with Gasteiger partial charge in [0.1, 0.15) is 0 Å². The second-order valence-electron chi connectivity index (χ2n) is 6.43. The van der Waals surface area contributed by atoms with E-state index in [0.29, 0.717) is 28.4 Å². The SMILES string of the molecule is COc1cc(C=C2SC(=O)NC2=O)ccc1OC(=O)CCCCc1ccccc1. The molecular formula is C22H21NO5S. The van der Waals surface area contributed by atoms with E-state index in [1.54, 1.807) is 24.3 Å². The van der Waals surface area contributed by atoms with Crippen molar-refractivity contribution >= 4 is 35.0 Å². The zero-order valence-electron chi connectivity index (χ0n) is 16.0. The molecule has 0 saturated carbocycles. The number of hydrogen-bond acceptors (Lipinski definition) is 6. The second kappa shape index (κ2) is 9.93. The van der Waals surface area contributed by atoms with Gasteiger partial charge in [-0.15, -0.1) is 0 Å². The Bertz CT molecular complexity index is 939. The Hall–Kier alpha value is -3.06. The standard InChI is InChI=1S/C22H21NO5S/c1-27-18-13-16(14-19-21(25)23-22(26)29-19)11-12-17(18)28-20(24)10-6-5-9-15-7-3-2-4-8-15/h2-4,7-8,11-14H,5-6,9-10H2,1H3,(H,23,25,26). The van der Waals surface area contributed by atoms with Crippen molar-refractivity contribution in [2.24, 2.45) is 0 Å². The van der Waals surface area contributed by atoms with Crippen molar-refractivity contribution in [3.05, 3.63) is 64.6 Å². The molecule has 0 aliphatic carbocycles. The number of carbonyl (C=O) groups is 3. The molecule has 2 amide bonds. The Morgan fingerprint density at radius 2 is 1.86 bits per heavy atom. The van der Waals surface area contributed by atoms with E-state index in [-0.39, 0.29) is 5.97 Å². The number of unbranched alkanes of at least 4 members (excludes halogenated alkanes) is 1. The lowest BCUT2D eigenvalue weighted by Gasteiger charge is -2.10. The van der Waals surface area contributed by atoms with Crippen LogP contribution in [0.4, 0.5) is 4.79 Å². The van der Waals surface area contributed by atoms with E-state index in [1.165, 1.54) is 12.7 Å². The van der Waals surface area contributed by atoms with Crippen molar-refractivity contribution in [1.82, 2.24) is 5.32 Å². The molecule has 6 nitrogen and oxygen atoms in total. The summed E-state index contributed by atoms with van der Waals surface area (Å²) in [6, 6.07) is 15.1. The molecule has 1 heterocycles. The van der Waals surface area contributed by atoms with Crippen molar-refractivity contribution in [1.29, 1.82) is 0 Å². The summed E-state index contributed by atoms with van der Waals surface area (Å²) in [6.07, 6.45) is 4.47. The predicted molar refractivity (Wildman–Crippen MR) is 112 cm³/mol. The molecule has 0 radical (unpaired) electrons. The van der Waals surface area contributed by atoms with Crippen LogP contribution < -0.4 is 14.8 Å². The minimum Gasteiger partial charge on any atom is -0.493 e. The van der Waals surface area contributed by atoms with Gasteiger partial charge in [0.2, 0.25) is 0 Å². The third-order valence-electron chi connectivity index (χ3n) is 4.29. The van der Waals surface area contributed by atoms with Gasteiger partial charge in [-0.05, 0) is 60.4 Å². The molecule has 1 N–H and O–H groups in total. The fraction of sp³-hybridized carbons (Fsp3) is 0.227. The van der Waals surface area contributed by atoms with Crippen LogP contribution in [0.2, 0.25) is 0 Å². The van der Waals surface area contributed by atoms with Crippen LogP contribution in [0.15, 0.2) is 53.4 Å². The molecule has 0 atom stereocenters. The first-order valence-corrected chi connectivity index (χ1v) is 10.0. The number of aryl methyl sites for hydroxylation is 1. The van der Waals surface area contributed by atoms with E-state index in [9.17, 15) is 14.4 Å². The molecule has 2 aromatic carbocycles. The summed E-state index contributed by atoms with van der Waals surface area (Å²) in [5, 5.41) is 1.81. The number of benzene rings is 2. The number of amides is 2. The number of thioether (sulfide) groups is 1. The Morgan fingerprint density at radius 3 is 2.55 bits per heavy atom. The Balaban J connectivity index is 1.54. The fourth-order valence-electron chi connectivity index (χ4n) is 2.85. The first kappa shape index (κ1) is 20.7. The maximum atomic E-state index is 12.2. The van der Waals surface area contributed by atoms with Gasteiger partial charge in [0.15, 0.2) is 11.5 Å². The van der Waals surface area contributed by atoms with Crippen LogP contribution in [0.5, 0.6) is 11.5 Å². The molecule has 1 fully saturated rings. The van der Waals surface area contributed by atoms with Crippen LogP contribution in [-0.4, -0.2) is 24.2 Å². The van der Waals surface area contributed by atoms with Crippen LogP contribution in [0.1, 0.15) is 30.4 Å². The third-order valence-corrected chi connectivity index (χ3v) is 5.10. The Labute approximate surface area is 173 Å². The molecule has 1 saturated heterocycles. The van der Waals surface area contributed by atoms with Gasteiger partial charge in [-0.3, -0.25) is 19.7 Å². The summed E-state index contributed by atoms with van der Waals surface area (Å²) in [5.74, 6) is -0.0437. The lowest BCUT2D eigenvalue weighted by Crippen LogP contribution is -2.17. The highest BCUT2D eigenvalue weighted by molar-refractivity contribution is 8.18. The van der Waals surface area contributed by atoms with Gasteiger partial charge in [-0.25, -0.2) is 0 Å². The lowest BCUT2D eigenvalue weighted by molar-refractivity contribution is -0.134. The molecule has 1 aliphatic heterocycles. The van der Waals surface area contributed by atoms with Gasteiger partial charge in [0.05, 0.1) is 12.0 Å². The number of esters is 1. The minimum atomic E-state index is -0.426. The summed E-state index contributed by atoms with van der Waals surface area (Å²) in [4.78, 5) is 35.4. The maximum absolute atomic E-state index is 12.2. The molecule has 1 aliphatic rings. The number of rotatable bonds is 8. The van der Waals surface area contributed by atoms with Crippen LogP contribution in [-0.2, 0) is 16.0 Å². The zero-order chi connectivity index (χ0) is 20.6. The highest BCUT2D eigenvalue weighted by Gasteiger charge is 2.25. The molecule has 2 aromatic rings. The molecule has 0 spiro atoms. The first-order chi connectivity index (χ1) is 14.0. The van der Waals surface area contributed by atoms with Crippen molar-refractivity contribution in [3.63, 3.8) is 0 Å².